The number of ether oxygens (including phenoxy) is 1. The Morgan fingerprint density at radius 1 is 1.32 bits per heavy atom. The molecule has 0 saturated heterocycles. The first-order chi connectivity index (χ1) is 9.16. The molecular formula is C13H15NO4S. The van der Waals surface area contributed by atoms with E-state index in [9.17, 15) is 9.59 Å². The number of aliphatic carboxylic acids is 1. The zero-order chi connectivity index (χ0) is 13.7. The van der Waals surface area contributed by atoms with Crippen LogP contribution in [-0.4, -0.2) is 46.5 Å². The average molecular weight is 281 g/mol. The second-order valence-corrected chi connectivity index (χ2v) is 5.14. The molecule has 1 aromatic carbocycles. The molecule has 1 heterocycles. The zero-order valence-corrected chi connectivity index (χ0v) is 11.2. The van der Waals surface area contributed by atoms with E-state index in [1.54, 1.807) is 4.90 Å². The van der Waals surface area contributed by atoms with Crippen molar-refractivity contribution in [3.05, 3.63) is 29.8 Å². The first-order valence-electron chi connectivity index (χ1n) is 5.95. The van der Waals surface area contributed by atoms with Crippen molar-refractivity contribution in [2.75, 3.05) is 24.7 Å². The summed E-state index contributed by atoms with van der Waals surface area (Å²) in [5.41, 5.74) is 0.983. The van der Waals surface area contributed by atoms with Crippen LogP contribution in [0.3, 0.4) is 0 Å². The lowest BCUT2D eigenvalue weighted by Gasteiger charge is -2.19. The molecule has 6 heteroatoms. The molecule has 1 aliphatic rings. The Labute approximate surface area is 115 Å². The summed E-state index contributed by atoms with van der Waals surface area (Å²) in [6.07, 6.45) is 0. The van der Waals surface area contributed by atoms with Crippen LogP contribution in [-0.2, 0) is 16.1 Å². The van der Waals surface area contributed by atoms with Crippen LogP contribution in [0.1, 0.15) is 5.56 Å². The fraction of sp³-hybridized carbons (Fsp3) is 0.385. The third-order valence-corrected chi connectivity index (χ3v) is 3.66. The van der Waals surface area contributed by atoms with Crippen LogP contribution in [0.15, 0.2) is 24.3 Å². The number of benzene rings is 1. The average Bonchev–Trinajstić information content (AvgIpc) is 2.60. The molecule has 1 amide bonds. The number of rotatable bonds is 4. The molecule has 19 heavy (non-hydrogen) atoms. The molecule has 2 rings (SSSR count). The van der Waals surface area contributed by atoms with E-state index < -0.39 is 5.97 Å². The molecule has 102 valence electrons. The normalized spacial score (nSPS) is 14.2. The summed E-state index contributed by atoms with van der Waals surface area (Å²) in [7, 11) is 0. The van der Waals surface area contributed by atoms with Gasteiger partial charge in [-0.05, 0) is 6.07 Å². The van der Waals surface area contributed by atoms with Crippen molar-refractivity contribution in [3.8, 4) is 5.75 Å². The van der Waals surface area contributed by atoms with Gasteiger partial charge in [0.25, 0.3) is 0 Å². The SMILES string of the molecule is O=C(O)CSCC(=O)N1CCOc2ccccc2C1. The van der Waals surface area contributed by atoms with Crippen molar-refractivity contribution < 1.29 is 19.4 Å². The molecule has 1 aliphatic heterocycles. The lowest BCUT2D eigenvalue weighted by atomic mass is 10.2. The summed E-state index contributed by atoms with van der Waals surface area (Å²) in [6.45, 7) is 1.51. The predicted octanol–water partition coefficient (Wildman–Crippen LogP) is 1.23. The Bertz CT molecular complexity index is 477. The number of hydrogen-bond acceptors (Lipinski definition) is 4. The summed E-state index contributed by atoms with van der Waals surface area (Å²) in [4.78, 5) is 24.1. The molecule has 1 aromatic rings. The van der Waals surface area contributed by atoms with Crippen LogP contribution < -0.4 is 4.74 Å². The Hall–Kier alpha value is -1.69. The van der Waals surface area contributed by atoms with Crippen molar-refractivity contribution in [3.63, 3.8) is 0 Å². The Morgan fingerprint density at radius 3 is 2.89 bits per heavy atom. The molecule has 0 spiro atoms. The minimum absolute atomic E-state index is 0.0489. The number of carboxylic acid groups (broad SMARTS) is 1. The van der Waals surface area contributed by atoms with Crippen LogP contribution in [0.2, 0.25) is 0 Å². The van der Waals surface area contributed by atoms with Crippen LogP contribution in [0.5, 0.6) is 5.75 Å². The van der Waals surface area contributed by atoms with Crippen molar-refractivity contribution in [2.45, 2.75) is 6.54 Å². The van der Waals surface area contributed by atoms with E-state index in [0.717, 1.165) is 23.1 Å². The second-order valence-electron chi connectivity index (χ2n) is 4.16. The maximum atomic E-state index is 12.0. The van der Waals surface area contributed by atoms with E-state index in [1.165, 1.54) is 0 Å². The van der Waals surface area contributed by atoms with E-state index in [4.69, 9.17) is 9.84 Å². The number of hydrogen-bond donors (Lipinski definition) is 1. The molecule has 1 N–H and O–H groups in total. The molecule has 0 unspecified atom stereocenters. The van der Waals surface area contributed by atoms with Gasteiger partial charge in [0, 0.05) is 12.1 Å². The van der Waals surface area contributed by atoms with E-state index in [0.29, 0.717) is 19.7 Å². The number of carboxylic acids is 1. The summed E-state index contributed by atoms with van der Waals surface area (Å²) < 4.78 is 5.58. The van der Waals surface area contributed by atoms with Gasteiger partial charge in [0.05, 0.1) is 18.1 Å². The highest BCUT2D eigenvalue weighted by molar-refractivity contribution is 8.00. The first-order valence-corrected chi connectivity index (χ1v) is 7.10. The van der Waals surface area contributed by atoms with E-state index >= 15 is 0 Å². The largest absolute Gasteiger partial charge is 0.491 e. The Kier molecular flexibility index (Phi) is 4.68. The predicted molar refractivity (Wildman–Crippen MR) is 72.3 cm³/mol. The monoisotopic (exact) mass is 281 g/mol. The molecule has 0 atom stereocenters. The number of fused-ring (bicyclic) bond motifs is 1. The van der Waals surface area contributed by atoms with Gasteiger partial charge in [-0.2, -0.15) is 0 Å². The van der Waals surface area contributed by atoms with Crippen molar-refractivity contribution in [1.82, 2.24) is 4.90 Å². The van der Waals surface area contributed by atoms with Crippen LogP contribution in [0.4, 0.5) is 0 Å². The van der Waals surface area contributed by atoms with Gasteiger partial charge in [-0.3, -0.25) is 9.59 Å². The molecule has 0 saturated carbocycles. The fourth-order valence-corrected chi connectivity index (χ4v) is 2.49. The standard InChI is InChI=1S/C13H15NO4S/c15-12(8-19-9-13(16)17)14-5-6-18-11-4-2-1-3-10(11)7-14/h1-4H,5-9H2,(H,16,17). The quantitative estimate of drug-likeness (QED) is 0.899. The number of para-hydroxylation sites is 1. The third kappa shape index (κ3) is 3.89. The summed E-state index contributed by atoms with van der Waals surface area (Å²) >= 11 is 1.12. The maximum Gasteiger partial charge on any atom is 0.313 e. The van der Waals surface area contributed by atoms with Gasteiger partial charge >= 0.3 is 5.97 Å². The van der Waals surface area contributed by atoms with Crippen molar-refractivity contribution in [1.29, 1.82) is 0 Å². The van der Waals surface area contributed by atoms with Crippen molar-refractivity contribution in [2.24, 2.45) is 0 Å². The van der Waals surface area contributed by atoms with Gasteiger partial charge in [0.1, 0.15) is 12.4 Å². The van der Waals surface area contributed by atoms with Gasteiger partial charge in [-0.1, -0.05) is 18.2 Å². The molecular weight excluding hydrogens is 266 g/mol. The molecule has 0 radical (unpaired) electrons. The van der Waals surface area contributed by atoms with E-state index in [2.05, 4.69) is 0 Å². The highest BCUT2D eigenvalue weighted by Gasteiger charge is 2.19. The number of thioether (sulfide) groups is 1. The summed E-state index contributed by atoms with van der Waals surface area (Å²) in [6, 6.07) is 7.64. The molecule has 0 bridgehead atoms. The third-order valence-electron chi connectivity index (χ3n) is 2.76. The van der Waals surface area contributed by atoms with Crippen molar-refractivity contribution >= 4 is 23.6 Å². The van der Waals surface area contributed by atoms with Gasteiger partial charge in [0.2, 0.25) is 5.91 Å². The molecule has 5 nitrogen and oxygen atoms in total. The number of carbonyl (C=O) groups excluding carboxylic acids is 1. The zero-order valence-electron chi connectivity index (χ0n) is 10.4. The highest BCUT2D eigenvalue weighted by atomic mass is 32.2. The smallest absolute Gasteiger partial charge is 0.313 e. The topological polar surface area (TPSA) is 66.8 Å². The second kappa shape index (κ2) is 6.47. The maximum absolute atomic E-state index is 12.0. The van der Waals surface area contributed by atoms with Crippen LogP contribution in [0.25, 0.3) is 0 Å². The summed E-state index contributed by atoms with van der Waals surface area (Å²) in [5, 5.41) is 8.55. The minimum Gasteiger partial charge on any atom is -0.491 e. The molecule has 0 aromatic heterocycles. The minimum atomic E-state index is -0.901. The van der Waals surface area contributed by atoms with Crippen LogP contribution >= 0.6 is 11.8 Å². The van der Waals surface area contributed by atoms with E-state index in [-0.39, 0.29) is 17.4 Å². The Balaban J connectivity index is 1.94. The summed E-state index contributed by atoms with van der Waals surface area (Å²) in [5.74, 6) is 0.00565. The van der Waals surface area contributed by atoms with Gasteiger partial charge in [0.15, 0.2) is 0 Å². The highest BCUT2D eigenvalue weighted by Crippen LogP contribution is 2.22. The Morgan fingerprint density at radius 2 is 2.11 bits per heavy atom. The number of nitrogens with zero attached hydrogens (tertiary/aromatic N) is 1. The van der Waals surface area contributed by atoms with Gasteiger partial charge in [-0.25, -0.2) is 0 Å². The fourth-order valence-electron chi connectivity index (χ4n) is 1.86. The number of carbonyl (C=O) groups is 2. The molecule has 0 aliphatic carbocycles. The van der Waals surface area contributed by atoms with Crippen LogP contribution in [0, 0.1) is 0 Å². The van der Waals surface area contributed by atoms with Gasteiger partial charge in [-0.15, -0.1) is 11.8 Å². The number of amides is 1. The lowest BCUT2D eigenvalue weighted by molar-refractivity contribution is -0.133. The van der Waals surface area contributed by atoms with Gasteiger partial charge < -0.3 is 14.7 Å². The van der Waals surface area contributed by atoms with E-state index in [1.807, 2.05) is 24.3 Å². The first kappa shape index (κ1) is 13.7. The lowest BCUT2D eigenvalue weighted by Crippen LogP contribution is -2.34. The molecule has 0 fully saturated rings.